The topological polar surface area (TPSA) is 67.2 Å². The average molecular weight is 376 g/mol. The van der Waals surface area contributed by atoms with E-state index < -0.39 is 0 Å². The zero-order valence-electron chi connectivity index (χ0n) is 16.2. The number of anilines is 1. The maximum atomic E-state index is 12.8. The lowest BCUT2D eigenvalue weighted by atomic mass is 10.1. The summed E-state index contributed by atoms with van der Waals surface area (Å²) in [6.07, 6.45) is 5.24. The average Bonchev–Trinajstić information content (AvgIpc) is 3.18. The zero-order chi connectivity index (χ0) is 19.5. The molecule has 0 saturated carbocycles. The number of pyridine rings is 1. The molecule has 1 fully saturated rings. The smallest absolute Gasteiger partial charge is 0.253 e. The Morgan fingerprint density at radius 1 is 1.14 bits per heavy atom. The van der Waals surface area contributed by atoms with Crippen LogP contribution in [0, 0.1) is 0 Å². The van der Waals surface area contributed by atoms with E-state index in [9.17, 15) is 4.79 Å². The molecule has 1 aliphatic rings. The van der Waals surface area contributed by atoms with Gasteiger partial charge in [0.2, 0.25) is 0 Å². The Morgan fingerprint density at radius 3 is 2.54 bits per heavy atom. The molecule has 0 N–H and O–H groups in total. The van der Waals surface area contributed by atoms with Gasteiger partial charge >= 0.3 is 0 Å². The quantitative estimate of drug-likeness (QED) is 0.662. The second kappa shape index (κ2) is 7.80. The largest absolute Gasteiger partial charge is 0.372 e. The van der Waals surface area contributed by atoms with Crippen LogP contribution in [0.15, 0.2) is 55.1 Å². The summed E-state index contributed by atoms with van der Waals surface area (Å²) in [6.45, 7) is 7.48. The van der Waals surface area contributed by atoms with E-state index in [1.54, 1.807) is 18.7 Å². The molecule has 1 saturated heterocycles. The molecule has 1 amide bonds. The molecule has 3 heterocycles. The Morgan fingerprint density at radius 2 is 1.89 bits per heavy atom. The van der Waals surface area contributed by atoms with Crippen molar-refractivity contribution in [2.45, 2.75) is 19.9 Å². The second-order valence-corrected chi connectivity index (χ2v) is 6.89. The van der Waals surface area contributed by atoms with Crippen LogP contribution < -0.4 is 4.90 Å². The Balaban J connectivity index is 1.42. The fourth-order valence-corrected chi connectivity index (χ4v) is 3.59. The van der Waals surface area contributed by atoms with Gasteiger partial charge in [-0.25, -0.2) is 0 Å². The molecular formula is C21H24N6O. The zero-order valence-corrected chi connectivity index (χ0v) is 16.2. The molecule has 0 atom stereocenters. The van der Waals surface area contributed by atoms with Gasteiger partial charge in [0.25, 0.3) is 5.91 Å². The number of nitrogens with zero attached hydrogens (tertiary/aromatic N) is 6. The van der Waals surface area contributed by atoms with Crippen LogP contribution in [0.5, 0.6) is 0 Å². The minimum absolute atomic E-state index is 0.0679. The molecule has 0 unspecified atom stereocenters. The molecule has 0 bridgehead atoms. The molecule has 144 valence electrons. The third kappa shape index (κ3) is 3.35. The summed E-state index contributed by atoms with van der Waals surface area (Å²) >= 11 is 0. The van der Waals surface area contributed by atoms with Crippen molar-refractivity contribution in [1.82, 2.24) is 24.6 Å². The Labute approximate surface area is 164 Å². The fourth-order valence-electron chi connectivity index (χ4n) is 3.59. The lowest BCUT2D eigenvalue weighted by Crippen LogP contribution is -2.50. The van der Waals surface area contributed by atoms with E-state index in [0.29, 0.717) is 13.1 Å². The van der Waals surface area contributed by atoms with Crippen LogP contribution in [-0.2, 0) is 0 Å². The van der Waals surface area contributed by atoms with Gasteiger partial charge < -0.3 is 14.4 Å². The van der Waals surface area contributed by atoms with Crippen molar-refractivity contribution in [2.24, 2.45) is 0 Å². The summed E-state index contributed by atoms with van der Waals surface area (Å²) in [6, 6.07) is 11.9. The lowest BCUT2D eigenvalue weighted by molar-refractivity contribution is 0.0522. The van der Waals surface area contributed by atoms with Crippen LogP contribution in [0.4, 0.5) is 5.69 Å². The van der Waals surface area contributed by atoms with E-state index in [0.717, 1.165) is 35.7 Å². The Kier molecular flexibility index (Phi) is 5.06. The summed E-state index contributed by atoms with van der Waals surface area (Å²) < 4.78 is 2.03. The first-order valence-corrected chi connectivity index (χ1v) is 9.65. The van der Waals surface area contributed by atoms with Crippen LogP contribution in [0.25, 0.3) is 11.4 Å². The fraction of sp³-hybridized carbons (Fsp3) is 0.333. The molecule has 4 rings (SSSR count). The molecular weight excluding hydrogens is 352 g/mol. The maximum absolute atomic E-state index is 12.8. The van der Waals surface area contributed by atoms with Crippen molar-refractivity contribution in [1.29, 1.82) is 0 Å². The highest BCUT2D eigenvalue weighted by molar-refractivity contribution is 5.95. The van der Waals surface area contributed by atoms with Crippen LogP contribution >= 0.6 is 0 Å². The number of hydrogen-bond acceptors (Lipinski definition) is 5. The number of rotatable bonds is 6. The van der Waals surface area contributed by atoms with Gasteiger partial charge in [0.1, 0.15) is 6.33 Å². The Hall–Kier alpha value is -3.22. The molecule has 0 spiro atoms. The lowest BCUT2D eigenvalue weighted by Gasteiger charge is -2.40. The molecule has 0 aliphatic carbocycles. The van der Waals surface area contributed by atoms with E-state index in [1.807, 2.05) is 45.9 Å². The van der Waals surface area contributed by atoms with Crippen LogP contribution in [0.1, 0.15) is 30.2 Å². The summed E-state index contributed by atoms with van der Waals surface area (Å²) in [5, 5.41) is 8.27. The van der Waals surface area contributed by atoms with E-state index in [1.165, 1.54) is 0 Å². The highest BCUT2D eigenvalue weighted by Gasteiger charge is 2.33. The third-order valence-electron chi connectivity index (χ3n) is 5.28. The molecule has 7 nitrogen and oxygen atoms in total. The second-order valence-electron chi connectivity index (χ2n) is 6.89. The van der Waals surface area contributed by atoms with Crippen molar-refractivity contribution in [3.63, 3.8) is 0 Å². The van der Waals surface area contributed by atoms with Crippen LogP contribution in [-0.4, -0.2) is 56.7 Å². The van der Waals surface area contributed by atoms with E-state index in [2.05, 4.69) is 33.9 Å². The van der Waals surface area contributed by atoms with Crippen molar-refractivity contribution in [2.75, 3.05) is 31.1 Å². The van der Waals surface area contributed by atoms with Crippen molar-refractivity contribution in [3.05, 3.63) is 60.7 Å². The predicted octanol–water partition coefficient (Wildman–Crippen LogP) is 2.88. The standard InChI is InChI=1S/C21H24N6O/c1-3-25(4-2)18-9-7-16(8-10-18)21(28)26-13-19(14-26)27-15-23-24-20(27)17-6-5-11-22-12-17/h5-12,15,19H,3-4,13-14H2,1-2H3. The highest BCUT2D eigenvalue weighted by Crippen LogP contribution is 2.28. The molecule has 2 aromatic heterocycles. The number of carbonyl (C=O) groups excluding carboxylic acids is 1. The molecule has 7 heteroatoms. The molecule has 1 aromatic carbocycles. The minimum atomic E-state index is 0.0679. The maximum Gasteiger partial charge on any atom is 0.253 e. The van der Waals surface area contributed by atoms with Gasteiger partial charge in [-0.05, 0) is 50.2 Å². The predicted molar refractivity (Wildman–Crippen MR) is 108 cm³/mol. The molecule has 0 radical (unpaired) electrons. The van der Waals surface area contributed by atoms with Crippen molar-refractivity contribution in [3.8, 4) is 11.4 Å². The number of benzene rings is 1. The van der Waals surface area contributed by atoms with E-state index >= 15 is 0 Å². The van der Waals surface area contributed by atoms with Gasteiger partial charge in [0, 0.05) is 55.4 Å². The molecule has 1 aliphatic heterocycles. The summed E-state index contributed by atoms with van der Waals surface area (Å²) in [4.78, 5) is 21.1. The SMILES string of the molecule is CCN(CC)c1ccc(C(=O)N2CC(n3cnnc3-c3cccnc3)C2)cc1. The summed E-state index contributed by atoms with van der Waals surface area (Å²) in [5.74, 6) is 0.854. The normalized spacial score (nSPS) is 14.0. The number of hydrogen-bond donors (Lipinski definition) is 0. The number of amides is 1. The van der Waals surface area contributed by atoms with Gasteiger partial charge in [0.05, 0.1) is 6.04 Å². The number of likely N-dealkylation sites (tertiary alicyclic amines) is 1. The van der Waals surface area contributed by atoms with Gasteiger partial charge in [-0.1, -0.05) is 0 Å². The van der Waals surface area contributed by atoms with E-state index in [-0.39, 0.29) is 11.9 Å². The van der Waals surface area contributed by atoms with Crippen LogP contribution in [0.3, 0.4) is 0 Å². The van der Waals surface area contributed by atoms with Crippen LogP contribution in [0.2, 0.25) is 0 Å². The van der Waals surface area contributed by atoms with Crippen molar-refractivity contribution >= 4 is 11.6 Å². The third-order valence-corrected chi connectivity index (χ3v) is 5.28. The summed E-state index contributed by atoms with van der Waals surface area (Å²) in [7, 11) is 0. The Bertz CT molecular complexity index is 927. The van der Waals surface area contributed by atoms with Gasteiger partial charge in [-0.2, -0.15) is 0 Å². The first kappa shape index (κ1) is 18.2. The monoisotopic (exact) mass is 376 g/mol. The molecule has 3 aromatic rings. The first-order valence-electron chi connectivity index (χ1n) is 9.65. The van der Waals surface area contributed by atoms with Crippen molar-refractivity contribution < 1.29 is 4.79 Å². The number of carbonyl (C=O) groups is 1. The first-order chi connectivity index (χ1) is 13.7. The number of aromatic nitrogens is 4. The van der Waals surface area contributed by atoms with Gasteiger partial charge in [-0.3, -0.25) is 9.78 Å². The van der Waals surface area contributed by atoms with Gasteiger partial charge in [0.15, 0.2) is 5.82 Å². The van der Waals surface area contributed by atoms with E-state index in [4.69, 9.17) is 0 Å². The molecule has 28 heavy (non-hydrogen) atoms. The highest BCUT2D eigenvalue weighted by atomic mass is 16.2. The summed E-state index contributed by atoms with van der Waals surface area (Å²) in [5.41, 5.74) is 2.80. The minimum Gasteiger partial charge on any atom is -0.372 e. The van der Waals surface area contributed by atoms with Gasteiger partial charge in [-0.15, -0.1) is 10.2 Å².